The molecule has 0 radical (unpaired) electrons. The highest BCUT2D eigenvalue weighted by molar-refractivity contribution is 5.88. The topological polar surface area (TPSA) is 52.6 Å². The fourth-order valence-electron chi connectivity index (χ4n) is 3.56. The molecule has 132 valence electrons. The van der Waals surface area contributed by atoms with E-state index in [2.05, 4.69) is 16.3 Å². The number of carbonyl (C=O) groups excluding carboxylic acids is 1. The summed E-state index contributed by atoms with van der Waals surface area (Å²) in [4.78, 5) is 13.6. The number of piperidine rings is 1. The Morgan fingerprint density at radius 1 is 1.16 bits per heavy atom. The van der Waals surface area contributed by atoms with Gasteiger partial charge in [-0.15, -0.1) is 0 Å². The summed E-state index contributed by atoms with van der Waals surface area (Å²) in [6, 6.07) is 18.0. The van der Waals surface area contributed by atoms with E-state index in [1.165, 1.54) is 12.5 Å². The third-order valence-electron chi connectivity index (χ3n) is 4.87. The summed E-state index contributed by atoms with van der Waals surface area (Å²) in [5.74, 6) is 0.275. The van der Waals surface area contributed by atoms with E-state index in [-0.39, 0.29) is 12.0 Å². The van der Waals surface area contributed by atoms with Crippen LogP contribution in [0.2, 0.25) is 0 Å². The first kappa shape index (κ1) is 17.6. The second-order valence-corrected chi connectivity index (χ2v) is 6.85. The molecular formula is C21H26N2O2. The molecule has 1 aliphatic heterocycles. The van der Waals surface area contributed by atoms with Gasteiger partial charge in [0.1, 0.15) is 0 Å². The summed E-state index contributed by atoms with van der Waals surface area (Å²) in [5.41, 5.74) is 3.07. The maximum absolute atomic E-state index is 11.2. The molecule has 1 unspecified atom stereocenters. The number of likely N-dealkylation sites (tertiary alicyclic amines) is 1. The Kier molecular flexibility index (Phi) is 5.84. The van der Waals surface area contributed by atoms with Crippen LogP contribution in [0.1, 0.15) is 37.0 Å². The first-order valence-electron chi connectivity index (χ1n) is 8.94. The second kappa shape index (κ2) is 8.28. The highest BCUT2D eigenvalue weighted by atomic mass is 16.3. The van der Waals surface area contributed by atoms with E-state index >= 15 is 0 Å². The molecule has 1 fully saturated rings. The molecule has 4 nitrogen and oxygen atoms in total. The molecule has 1 aliphatic rings. The number of hydrogen-bond acceptors (Lipinski definition) is 3. The normalized spacial score (nSPS) is 17.2. The zero-order chi connectivity index (χ0) is 17.6. The zero-order valence-electron chi connectivity index (χ0n) is 14.7. The van der Waals surface area contributed by atoms with Crippen molar-refractivity contribution in [2.45, 2.75) is 32.4 Å². The fourth-order valence-corrected chi connectivity index (χ4v) is 3.56. The minimum absolute atomic E-state index is 0.0483. The summed E-state index contributed by atoms with van der Waals surface area (Å²) < 4.78 is 0. The van der Waals surface area contributed by atoms with Crippen molar-refractivity contribution >= 4 is 11.6 Å². The van der Waals surface area contributed by atoms with Gasteiger partial charge in [0.25, 0.3) is 0 Å². The van der Waals surface area contributed by atoms with Gasteiger partial charge in [-0.25, -0.2) is 0 Å². The van der Waals surface area contributed by atoms with Crippen LogP contribution in [-0.4, -0.2) is 29.0 Å². The quantitative estimate of drug-likeness (QED) is 0.876. The second-order valence-electron chi connectivity index (χ2n) is 6.85. The lowest BCUT2D eigenvalue weighted by molar-refractivity contribution is -0.114. The molecule has 3 rings (SSSR count). The van der Waals surface area contributed by atoms with Gasteiger partial charge in [0.2, 0.25) is 5.91 Å². The maximum Gasteiger partial charge on any atom is 0.221 e. The van der Waals surface area contributed by atoms with Crippen LogP contribution < -0.4 is 5.32 Å². The third kappa shape index (κ3) is 4.91. The Labute approximate surface area is 149 Å². The number of rotatable bonds is 5. The van der Waals surface area contributed by atoms with Gasteiger partial charge in [-0.3, -0.25) is 9.69 Å². The van der Waals surface area contributed by atoms with Gasteiger partial charge in [0.05, 0.1) is 6.10 Å². The molecule has 4 heteroatoms. The molecule has 0 bridgehead atoms. The van der Waals surface area contributed by atoms with Crippen molar-refractivity contribution in [1.29, 1.82) is 0 Å². The highest BCUT2D eigenvalue weighted by Crippen LogP contribution is 2.31. The molecule has 2 aromatic rings. The zero-order valence-corrected chi connectivity index (χ0v) is 14.7. The van der Waals surface area contributed by atoms with Crippen molar-refractivity contribution in [3.8, 4) is 0 Å². The largest absolute Gasteiger partial charge is 0.388 e. The first-order valence-corrected chi connectivity index (χ1v) is 8.94. The number of benzene rings is 2. The number of aliphatic hydroxyl groups is 1. The van der Waals surface area contributed by atoms with Crippen LogP contribution >= 0.6 is 0 Å². The van der Waals surface area contributed by atoms with Crippen molar-refractivity contribution in [3.63, 3.8) is 0 Å². The van der Waals surface area contributed by atoms with Crippen molar-refractivity contribution in [1.82, 2.24) is 4.90 Å². The van der Waals surface area contributed by atoms with Crippen molar-refractivity contribution < 1.29 is 9.90 Å². The van der Waals surface area contributed by atoms with E-state index in [0.717, 1.165) is 43.7 Å². The summed E-state index contributed by atoms with van der Waals surface area (Å²) in [7, 11) is 0. The number of nitrogens with zero attached hydrogens (tertiary/aromatic N) is 1. The molecule has 1 atom stereocenters. The molecule has 2 N–H and O–H groups in total. The van der Waals surface area contributed by atoms with Gasteiger partial charge >= 0.3 is 0 Å². The predicted octanol–water partition coefficient (Wildman–Crippen LogP) is 3.59. The average molecular weight is 338 g/mol. The molecule has 0 aliphatic carbocycles. The molecule has 25 heavy (non-hydrogen) atoms. The molecule has 0 spiro atoms. The number of aliphatic hydroxyl groups excluding tert-OH is 1. The third-order valence-corrected chi connectivity index (χ3v) is 4.87. The number of nitrogens with one attached hydrogen (secondary N) is 1. The Balaban J connectivity index is 1.53. The van der Waals surface area contributed by atoms with Crippen LogP contribution in [0.4, 0.5) is 5.69 Å². The molecule has 2 aromatic carbocycles. The molecule has 1 saturated heterocycles. The van der Waals surface area contributed by atoms with E-state index in [4.69, 9.17) is 0 Å². The minimum atomic E-state index is -0.369. The predicted molar refractivity (Wildman–Crippen MR) is 100 cm³/mol. The Hall–Kier alpha value is -2.17. The van der Waals surface area contributed by atoms with Crippen molar-refractivity contribution in [3.05, 3.63) is 65.7 Å². The lowest BCUT2D eigenvalue weighted by atomic mass is 9.87. The van der Waals surface area contributed by atoms with E-state index in [9.17, 15) is 9.90 Å². The molecule has 1 amide bonds. The van der Waals surface area contributed by atoms with Crippen LogP contribution in [-0.2, 0) is 11.3 Å². The number of hydrogen-bond donors (Lipinski definition) is 2. The molecule has 1 heterocycles. The summed E-state index contributed by atoms with van der Waals surface area (Å²) >= 11 is 0. The maximum atomic E-state index is 11.2. The van der Waals surface area contributed by atoms with E-state index in [1.54, 1.807) is 0 Å². The molecular weight excluding hydrogens is 312 g/mol. The monoisotopic (exact) mass is 338 g/mol. The average Bonchev–Trinajstić information content (AvgIpc) is 2.62. The minimum Gasteiger partial charge on any atom is -0.388 e. The lowest BCUT2D eigenvalue weighted by Gasteiger charge is -2.34. The van der Waals surface area contributed by atoms with Gasteiger partial charge < -0.3 is 10.4 Å². The molecule has 0 aromatic heterocycles. The van der Waals surface area contributed by atoms with Crippen LogP contribution in [0, 0.1) is 5.92 Å². The Morgan fingerprint density at radius 3 is 2.56 bits per heavy atom. The highest BCUT2D eigenvalue weighted by Gasteiger charge is 2.26. The van der Waals surface area contributed by atoms with Gasteiger partial charge in [-0.1, -0.05) is 42.5 Å². The number of carbonyl (C=O) groups is 1. The first-order chi connectivity index (χ1) is 12.1. The Bertz CT molecular complexity index is 694. The standard InChI is InChI=1S/C21H26N2O2/c1-16(24)22-20-9-5-6-17(14-20)15-23-12-10-19(11-13-23)21(25)18-7-3-2-4-8-18/h2-9,14,19,21,25H,10-13,15H2,1H3,(H,22,24). The van der Waals surface area contributed by atoms with E-state index in [0.29, 0.717) is 5.92 Å². The summed E-state index contributed by atoms with van der Waals surface area (Å²) in [6.45, 7) is 4.37. The van der Waals surface area contributed by atoms with Crippen LogP contribution in [0.3, 0.4) is 0 Å². The van der Waals surface area contributed by atoms with Crippen LogP contribution in [0.5, 0.6) is 0 Å². The SMILES string of the molecule is CC(=O)Nc1cccc(CN2CCC(C(O)c3ccccc3)CC2)c1. The smallest absolute Gasteiger partial charge is 0.221 e. The van der Waals surface area contributed by atoms with Gasteiger partial charge in [0, 0.05) is 19.2 Å². The van der Waals surface area contributed by atoms with Gasteiger partial charge in [-0.05, 0) is 55.1 Å². The fraction of sp³-hybridized carbons (Fsp3) is 0.381. The Morgan fingerprint density at radius 2 is 1.88 bits per heavy atom. The van der Waals surface area contributed by atoms with Crippen LogP contribution in [0.15, 0.2) is 54.6 Å². The van der Waals surface area contributed by atoms with Crippen molar-refractivity contribution in [2.24, 2.45) is 5.92 Å². The van der Waals surface area contributed by atoms with E-state index in [1.807, 2.05) is 48.5 Å². The van der Waals surface area contributed by atoms with E-state index < -0.39 is 0 Å². The van der Waals surface area contributed by atoms with Gasteiger partial charge in [-0.2, -0.15) is 0 Å². The molecule has 0 saturated carbocycles. The van der Waals surface area contributed by atoms with Crippen LogP contribution in [0.25, 0.3) is 0 Å². The number of anilines is 1. The van der Waals surface area contributed by atoms with Crippen molar-refractivity contribution in [2.75, 3.05) is 18.4 Å². The lowest BCUT2D eigenvalue weighted by Crippen LogP contribution is -2.35. The summed E-state index contributed by atoms with van der Waals surface area (Å²) in [6.07, 6.45) is 1.63. The number of amides is 1. The van der Waals surface area contributed by atoms with Gasteiger partial charge in [0.15, 0.2) is 0 Å². The summed E-state index contributed by atoms with van der Waals surface area (Å²) in [5, 5.41) is 13.4.